The fourth-order valence-electron chi connectivity index (χ4n) is 1.87. The molecule has 18 heavy (non-hydrogen) atoms. The minimum absolute atomic E-state index is 0.737. The summed E-state index contributed by atoms with van der Waals surface area (Å²) >= 11 is 5.43. The third kappa shape index (κ3) is 3.21. The number of nitrogens with zero attached hydrogens (tertiary/aromatic N) is 1. The molecule has 96 valence electrons. The van der Waals surface area contributed by atoms with E-state index in [4.69, 9.17) is 4.98 Å². The van der Waals surface area contributed by atoms with Crippen molar-refractivity contribution in [3.63, 3.8) is 0 Å². The van der Waals surface area contributed by atoms with Crippen molar-refractivity contribution < 1.29 is 0 Å². The van der Waals surface area contributed by atoms with E-state index < -0.39 is 0 Å². The number of aryl methyl sites for hydroxylation is 2. The Morgan fingerprint density at radius 3 is 2.67 bits per heavy atom. The monoisotopic (exact) mass is 323 g/mol. The van der Waals surface area contributed by atoms with Gasteiger partial charge in [0.05, 0.1) is 10.7 Å². The molecule has 1 nitrogen and oxygen atoms in total. The SMILES string of the molecule is Cc1sc(CCC(C)C)nc1-c1ccccc1Br. The number of halogens is 1. The quantitative estimate of drug-likeness (QED) is 0.727. The van der Waals surface area contributed by atoms with Crippen LogP contribution in [-0.4, -0.2) is 4.98 Å². The van der Waals surface area contributed by atoms with E-state index in [0.29, 0.717) is 0 Å². The zero-order chi connectivity index (χ0) is 13.1. The summed E-state index contributed by atoms with van der Waals surface area (Å²) in [7, 11) is 0. The molecule has 0 bridgehead atoms. The maximum absolute atomic E-state index is 4.80. The summed E-state index contributed by atoms with van der Waals surface area (Å²) in [5, 5.41) is 1.26. The molecule has 2 rings (SSSR count). The average Bonchev–Trinajstić information content (AvgIpc) is 2.69. The van der Waals surface area contributed by atoms with Gasteiger partial charge in [-0.25, -0.2) is 4.98 Å². The third-order valence-corrected chi connectivity index (χ3v) is 4.63. The Bertz CT molecular complexity index is 531. The molecule has 0 atom stereocenters. The molecule has 3 heteroatoms. The van der Waals surface area contributed by atoms with E-state index in [1.54, 1.807) is 0 Å². The Labute approximate surface area is 121 Å². The minimum Gasteiger partial charge on any atom is -0.241 e. The Morgan fingerprint density at radius 2 is 2.00 bits per heavy atom. The van der Waals surface area contributed by atoms with E-state index in [9.17, 15) is 0 Å². The summed E-state index contributed by atoms with van der Waals surface area (Å²) < 4.78 is 1.12. The predicted molar refractivity (Wildman–Crippen MR) is 83.1 cm³/mol. The van der Waals surface area contributed by atoms with E-state index in [1.165, 1.54) is 21.9 Å². The van der Waals surface area contributed by atoms with Crippen molar-refractivity contribution in [1.29, 1.82) is 0 Å². The molecule has 1 aromatic carbocycles. The number of hydrogen-bond donors (Lipinski definition) is 0. The fourth-order valence-corrected chi connectivity index (χ4v) is 3.31. The largest absolute Gasteiger partial charge is 0.241 e. The third-order valence-electron chi connectivity index (χ3n) is 2.91. The lowest BCUT2D eigenvalue weighted by atomic mass is 10.1. The fraction of sp³-hybridized carbons (Fsp3) is 0.400. The van der Waals surface area contributed by atoms with E-state index in [-0.39, 0.29) is 0 Å². The number of rotatable bonds is 4. The van der Waals surface area contributed by atoms with Crippen LogP contribution in [-0.2, 0) is 6.42 Å². The molecule has 0 N–H and O–H groups in total. The van der Waals surface area contributed by atoms with Crippen LogP contribution < -0.4 is 0 Å². The highest BCUT2D eigenvalue weighted by molar-refractivity contribution is 9.10. The van der Waals surface area contributed by atoms with Crippen LogP contribution in [0.3, 0.4) is 0 Å². The average molecular weight is 324 g/mol. The normalized spacial score (nSPS) is 11.2. The smallest absolute Gasteiger partial charge is 0.0935 e. The summed E-state index contributed by atoms with van der Waals surface area (Å²) in [6.07, 6.45) is 2.30. The van der Waals surface area contributed by atoms with Crippen molar-refractivity contribution >= 4 is 27.3 Å². The molecular weight excluding hydrogens is 306 g/mol. The topological polar surface area (TPSA) is 12.9 Å². The highest BCUT2D eigenvalue weighted by Gasteiger charge is 2.12. The Morgan fingerprint density at radius 1 is 1.28 bits per heavy atom. The lowest BCUT2D eigenvalue weighted by molar-refractivity contribution is 0.585. The summed E-state index contributed by atoms with van der Waals surface area (Å²) in [6.45, 7) is 6.68. The second-order valence-electron chi connectivity index (χ2n) is 4.92. The van der Waals surface area contributed by atoms with Crippen LogP contribution in [0.4, 0.5) is 0 Å². The summed E-state index contributed by atoms with van der Waals surface area (Å²) in [6, 6.07) is 8.29. The first kappa shape index (κ1) is 13.8. The highest BCUT2D eigenvalue weighted by Crippen LogP contribution is 2.33. The molecule has 0 saturated carbocycles. The van der Waals surface area contributed by atoms with Crippen molar-refractivity contribution in [2.45, 2.75) is 33.6 Å². The highest BCUT2D eigenvalue weighted by atomic mass is 79.9. The lowest BCUT2D eigenvalue weighted by Crippen LogP contribution is -1.91. The second-order valence-corrected chi connectivity index (χ2v) is 7.07. The first-order valence-corrected chi connectivity index (χ1v) is 7.90. The van der Waals surface area contributed by atoms with E-state index in [2.05, 4.69) is 54.9 Å². The first-order valence-electron chi connectivity index (χ1n) is 6.29. The van der Waals surface area contributed by atoms with Crippen molar-refractivity contribution in [3.8, 4) is 11.3 Å². The van der Waals surface area contributed by atoms with Gasteiger partial charge >= 0.3 is 0 Å². The summed E-state index contributed by atoms with van der Waals surface area (Å²) in [4.78, 5) is 6.11. The molecule has 0 radical (unpaired) electrons. The molecule has 0 unspecified atom stereocenters. The van der Waals surface area contributed by atoms with Gasteiger partial charge in [-0.05, 0) is 31.7 Å². The molecule has 1 aromatic heterocycles. The van der Waals surface area contributed by atoms with Crippen molar-refractivity contribution in [2.75, 3.05) is 0 Å². The van der Waals surface area contributed by atoms with Crippen molar-refractivity contribution in [3.05, 3.63) is 38.6 Å². The Balaban J connectivity index is 2.27. The van der Waals surface area contributed by atoms with Gasteiger partial charge in [0, 0.05) is 14.9 Å². The number of thiazole rings is 1. The molecule has 0 fully saturated rings. The van der Waals surface area contributed by atoms with Crippen molar-refractivity contribution in [2.24, 2.45) is 5.92 Å². The molecule has 0 spiro atoms. The van der Waals surface area contributed by atoms with Gasteiger partial charge in [0.2, 0.25) is 0 Å². The predicted octanol–water partition coefficient (Wildman–Crippen LogP) is 5.47. The maximum atomic E-state index is 4.80. The van der Waals surface area contributed by atoms with Gasteiger partial charge in [0.15, 0.2) is 0 Å². The number of benzene rings is 1. The Kier molecular flexibility index (Phi) is 4.57. The van der Waals surface area contributed by atoms with Gasteiger partial charge in [-0.15, -0.1) is 11.3 Å². The van der Waals surface area contributed by atoms with E-state index >= 15 is 0 Å². The van der Waals surface area contributed by atoms with Crippen LogP contribution in [0.2, 0.25) is 0 Å². The van der Waals surface area contributed by atoms with Crippen molar-refractivity contribution in [1.82, 2.24) is 4.98 Å². The van der Waals surface area contributed by atoms with Crippen LogP contribution in [0.1, 0.15) is 30.2 Å². The van der Waals surface area contributed by atoms with Gasteiger partial charge in [0.1, 0.15) is 0 Å². The summed E-state index contributed by atoms with van der Waals surface area (Å²) in [5.74, 6) is 0.737. The molecule has 0 aliphatic heterocycles. The van der Waals surface area contributed by atoms with Gasteiger partial charge in [-0.2, -0.15) is 0 Å². The summed E-state index contributed by atoms with van der Waals surface area (Å²) in [5.41, 5.74) is 2.33. The van der Waals surface area contributed by atoms with Crippen LogP contribution >= 0.6 is 27.3 Å². The van der Waals surface area contributed by atoms with Crippen LogP contribution in [0.25, 0.3) is 11.3 Å². The van der Waals surface area contributed by atoms with Crippen LogP contribution in [0.15, 0.2) is 28.7 Å². The van der Waals surface area contributed by atoms with E-state index in [0.717, 1.165) is 22.5 Å². The molecule has 0 aliphatic rings. The number of aromatic nitrogens is 1. The van der Waals surface area contributed by atoms with Gasteiger partial charge < -0.3 is 0 Å². The first-order chi connectivity index (χ1) is 8.58. The molecule has 0 aliphatic carbocycles. The Hall–Kier alpha value is -0.670. The maximum Gasteiger partial charge on any atom is 0.0935 e. The zero-order valence-electron chi connectivity index (χ0n) is 11.0. The van der Waals surface area contributed by atoms with Crippen LogP contribution in [0, 0.1) is 12.8 Å². The zero-order valence-corrected chi connectivity index (χ0v) is 13.4. The molecule has 1 heterocycles. The van der Waals surface area contributed by atoms with Gasteiger partial charge in [-0.1, -0.05) is 48.0 Å². The molecular formula is C15H18BrNS. The van der Waals surface area contributed by atoms with Gasteiger partial charge in [-0.3, -0.25) is 0 Å². The molecule has 0 amide bonds. The van der Waals surface area contributed by atoms with Gasteiger partial charge in [0.25, 0.3) is 0 Å². The standard InChI is InChI=1S/C15H18BrNS/c1-10(2)8-9-14-17-15(11(3)18-14)12-6-4-5-7-13(12)16/h4-7,10H,8-9H2,1-3H3. The molecule has 2 aromatic rings. The second kappa shape index (κ2) is 5.98. The van der Waals surface area contributed by atoms with Crippen LogP contribution in [0.5, 0.6) is 0 Å². The number of hydrogen-bond acceptors (Lipinski definition) is 2. The lowest BCUT2D eigenvalue weighted by Gasteiger charge is -2.02. The molecule has 0 saturated heterocycles. The van der Waals surface area contributed by atoms with E-state index in [1.807, 2.05) is 17.4 Å². The minimum atomic E-state index is 0.737.